The summed E-state index contributed by atoms with van der Waals surface area (Å²) in [6.45, 7) is 6.90. The molecule has 1 aromatic rings. The summed E-state index contributed by atoms with van der Waals surface area (Å²) < 4.78 is 1.63. The van der Waals surface area contributed by atoms with Gasteiger partial charge in [0.05, 0.1) is 5.69 Å². The van der Waals surface area contributed by atoms with Crippen molar-refractivity contribution in [1.29, 1.82) is 0 Å². The van der Waals surface area contributed by atoms with E-state index in [1.807, 2.05) is 0 Å². The highest BCUT2D eigenvalue weighted by atomic mass is 16.1. The molecule has 0 amide bonds. The topological polar surface area (TPSA) is 46.9 Å². The van der Waals surface area contributed by atoms with Gasteiger partial charge in [0.25, 0.3) is 5.56 Å². The minimum Gasteiger partial charge on any atom is -0.312 e. The first-order valence-corrected chi connectivity index (χ1v) is 6.47. The Bertz CT molecular complexity index is 437. The van der Waals surface area contributed by atoms with Crippen molar-refractivity contribution in [2.75, 3.05) is 6.54 Å². The highest BCUT2D eigenvalue weighted by Crippen LogP contribution is 2.08. The average Bonchev–Trinajstić information content (AvgIpc) is 2.29. The van der Waals surface area contributed by atoms with Crippen LogP contribution in [0.15, 0.2) is 10.9 Å². The summed E-state index contributed by atoms with van der Waals surface area (Å²) in [5, 5.41) is 7.73. The Balaban J connectivity index is 2.09. The Kier molecular flexibility index (Phi) is 3.94. The second-order valence-corrected chi connectivity index (χ2v) is 5.14. The number of hydrogen-bond acceptors (Lipinski definition) is 3. The van der Waals surface area contributed by atoms with Crippen LogP contribution in [-0.2, 0) is 19.5 Å². The van der Waals surface area contributed by atoms with Gasteiger partial charge in [-0.2, -0.15) is 5.10 Å². The van der Waals surface area contributed by atoms with Crippen LogP contribution in [0.3, 0.4) is 0 Å². The second-order valence-electron chi connectivity index (χ2n) is 5.14. The number of rotatable bonds is 4. The fraction of sp³-hybridized carbons (Fsp3) is 0.692. The molecule has 1 aromatic heterocycles. The van der Waals surface area contributed by atoms with Gasteiger partial charge in [-0.3, -0.25) is 4.79 Å². The predicted molar refractivity (Wildman–Crippen MR) is 68.0 cm³/mol. The molecule has 2 rings (SSSR count). The van der Waals surface area contributed by atoms with Gasteiger partial charge in [-0.05, 0) is 24.3 Å². The van der Waals surface area contributed by atoms with Gasteiger partial charge in [0.1, 0.15) is 0 Å². The summed E-state index contributed by atoms with van der Waals surface area (Å²) in [6, 6.07) is 1.74. The highest BCUT2D eigenvalue weighted by Gasteiger charge is 2.12. The van der Waals surface area contributed by atoms with Crippen LogP contribution < -0.4 is 10.9 Å². The van der Waals surface area contributed by atoms with E-state index >= 15 is 0 Å². The first-order valence-electron chi connectivity index (χ1n) is 6.47. The maximum absolute atomic E-state index is 11.8. The zero-order chi connectivity index (χ0) is 12.3. The summed E-state index contributed by atoms with van der Waals surface area (Å²) in [4.78, 5) is 11.8. The molecular weight excluding hydrogens is 214 g/mol. The molecule has 4 nitrogen and oxygen atoms in total. The lowest BCUT2D eigenvalue weighted by atomic mass is 10.1. The van der Waals surface area contributed by atoms with Crippen LogP contribution in [0.5, 0.6) is 0 Å². The summed E-state index contributed by atoms with van der Waals surface area (Å²) >= 11 is 0. The summed E-state index contributed by atoms with van der Waals surface area (Å²) in [7, 11) is 0. The fourth-order valence-corrected chi connectivity index (χ4v) is 2.17. The third kappa shape index (κ3) is 3.16. The Hall–Kier alpha value is -1.16. The first-order chi connectivity index (χ1) is 8.16. The van der Waals surface area contributed by atoms with Crippen LogP contribution in [-0.4, -0.2) is 16.3 Å². The molecule has 0 saturated heterocycles. The summed E-state index contributed by atoms with van der Waals surface area (Å²) in [5.41, 5.74) is 2.20. The molecule has 0 aromatic carbocycles. The summed E-state index contributed by atoms with van der Waals surface area (Å²) in [5.74, 6) is 0.688. The molecule has 4 heteroatoms. The van der Waals surface area contributed by atoms with Crippen molar-refractivity contribution in [3.05, 3.63) is 27.7 Å². The lowest BCUT2D eigenvalue weighted by Crippen LogP contribution is -2.31. The number of hydrogen-bond donors (Lipinski definition) is 1. The molecule has 0 saturated carbocycles. The van der Waals surface area contributed by atoms with Crippen LogP contribution in [0.1, 0.15) is 37.9 Å². The van der Waals surface area contributed by atoms with Crippen molar-refractivity contribution < 1.29 is 0 Å². The van der Waals surface area contributed by atoms with Gasteiger partial charge in [-0.15, -0.1) is 0 Å². The number of aryl methyl sites for hydroxylation is 1. The standard InChI is InChI=1S/C13H21N3O/c1-10(2)4-3-7-16-13(17)8-11-9-14-6-5-12(11)15-16/h8,10,14H,3-7,9H2,1-2H3. The Morgan fingerprint density at radius 3 is 3.12 bits per heavy atom. The molecule has 1 N–H and O–H groups in total. The van der Waals surface area contributed by atoms with E-state index in [1.165, 1.54) is 0 Å². The number of aromatic nitrogens is 2. The van der Waals surface area contributed by atoms with Gasteiger partial charge in [0.2, 0.25) is 0 Å². The van der Waals surface area contributed by atoms with E-state index < -0.39 is 0 Å². The Morgan fingerprint density at radius 1 is 1.53 bits per heavy atom. The third-order valence-corrected chi connectivity index (χ3v) is 3.17. The molecule has 0 bridgehead atoms. The molecule has 17 heavy (non-hydrogen) atoms. The molecule has 0 radical (unpaired) electrons. The van der Waals surface area contributed by atoms with E-state index in [4.69, 9.17) is 0 Å². The Labute approximate surface area is 102 Å². The van der Waals surface area contributed by atoms with E-state index in [0.29, 0.717) is 5.92 Å². The van der Waals surface area contributed by atoms with Gasteiger partial charge in [-0.25, -0.2) is 4.68 Å². The zero-order valence-corrected chi connectivity index (χ0v) is 10.7. The highest BCUT2D eigenvalue weighted by molar-refractivity contribution is 5.20. The average molecular weight is 235 g/mol. The molecule has 2 heterocycles. The monoisotopic (exact) mass is 235 g/mol. The molecule has 0 unspecified atom stereocenters. The van der Waals surface area contributed by atoms with E-state index in [0.717, 1.165) is 50.2 Å². The van der Waals surface area contributed by atoms with Crippen molar-refractivity contribution in [2.45, 2.75) is 46.2 Å². The minimum absolute atomic E-state index is 0.0382. The predicted octanol–water partition coefficient (Wildman–Crippen LogP) is 1.33. The number of fused-ring (bicyclic) bond motifs is 1. The molecule has 0 fully saturated rings. The van der Waals surface area contributed by atoms with Crippen molar-refractivity contribution in [3.63, 3.8) is 0 Å². The van der Waals surface area contributed by atoms with Gasteiger partial charge in [0, 0.05) is 32.1 Å². The van der Waals surface area contributed by atoms with Crippen LogP contribution >= 0.6 is 0 Å². The van der Waals surface area contributed by atoms with Crippen LogP contribution in [0.4, 0.5) is 0 Å². The van der Waals surface area contributed by atoms with Crippen LogP contribution in [0, 0.1) is 5.92 Å². The van der Waals surface area contributed by atoms with E-state index in [9.17, 15) is 4.79 Å². The van der Waals surface area contributed by atoms with Crippen LogP contribution in [0.25, 0.3) is 0 Å². The SMILES string of the molecule is CC(C)CCCn1nc2c(cc1=O)CNCC2. The fourth-order valence-electron chi connectivity index (χ4n) is 2.17. The molecule has 0 atom stereocenters. The van der Waals surface area contributed by atoms with Gasteiger partial charge in [0.15, 0.2) is 0 Å². The maximum Gasteiger partial charge on any atom is 0.267 e. The lowest BCUT2D eigenvalue weighted by molar-refractivity contribution is 0.465. The maximum atomic E-state index is 11.8. The van der Waals surface area contributed by atoms with Crippen molar-refractivity contribution in [3.8, 4) is 0 Å². The van der Waals surface area contributed by atoms with Crippen molar-refractivity contribution >= 4 is 0 Å². The molecule has 0 spiro atoms. The quantitative estimate of drug-likeness (QED) is 0.856. The third-order valence-electron chi connectivity index (χ3n) is 3.17. The summed E-state index contributed by atoms with van der Waals surface area (Å²) in [6.07, 6.45) is 3.11. The van der Waals surface area contributed by atoms with E-state index in [1.54, 1.807) is 10.7 Å². The van der Waals surface area contributed by atoms with Gasteiger partial charge in [-0.1, -0.05) is 13.8 Å². The normalized spacial score (nSPS) is 15.0. The van der Waals surface area contributed by atoms with Gasteiger partial charge < -0.3 is 5.32 Å². The van der Waals surface area contributed by atoms with E-state index in [2.05, 4.69) is 24.3 Å². The Morgan fingerprint density at radius 2 is 2.35 bits per heavy atom. The molecule has 0 aliphatic carbocycles. The largest absolute Gasteiger partial charge is 0.312 e. The number of nitrogens with one attached hydrogen (secondary N) is 1. The van der Waals surface area contributed by atoms with Crippen molar-refractivity contribution in [1.82, 2.24) is 15.1 Å². The minimum atomic E-state index is 0.0382. The second kappa shape index (κ2) is 5.45. The smallest absolute Gasteiger partial charge is 0.267 e. The van der Waals surface area contributed by atoms with Crippen molar-refractivity contribution in [2.24, 2.45) is 5.92 Å². The molecule has 1 aliphatic rings. The van der Waals surface area contributed by atoms with Crippen LogP contribution in [0.2, 0.25) is 0 Å². The molecular formula is C13H21N3O. The first kappa shape index (κ1) is 12.3. The van der Waals surface area contributed by atoms with E-state index in [-0.39, 0.29) is 5.56 Å². The lowest BCUT2D eigenvalue weighted by Gasteiger charge is -2.17. The molecule has 1 aliphatic heterocycles. The number of nitrogens with zero attached hydrogens (tertiary/aromatic N) is 2. The molecule has 94 valence electrons. The zero-order valence-electron chi connectivity index (χ0n) is 10.7. The van der Waals surface area contributed by atoms with Gasteiger partial charge >= 0.3 is 0 Å².